The molecule has 1 unspecified atom stereocenters. The van der Waals surface area contributed by atoms with Crippen molar-refractivity contribution in [3.05, 3.63) is 0 Å². The number of epoxide rings is 1. The number of carbonyl (C=O) groups is 2. The third-order valence-electron chi connectivity index (χ3n) is 2.04. The number of alkyl halides is 3. The number of nitrogens with one attached hydrogen (secondary N) is 1. The second-order valence-corrected chi connectivity index (χ2v) is 3.54. The third kappa shape index (κ3) is 4.88. The molecule has 1 aliphatic heterocycles. The highest BCUT2D eigenvalue weighted by Gasteiger charge is 2.41. The molecule has 6 nitrogen and oxygen atoms in total. The number of rotatable bonds is 6. The molecule has 1 N–H and O–H groups in total. The van der Waals surface area contributed by atoms with Crippen molar-refractivity contribution in [3.63, 3.8) is 0 Å². The summed E-state index contributed by atoms with van der Waals surface area (Å²) in [4.78, 5) is 21.8. The van der Waals surface area contributed by atoms with Gasteiger partial charge in [0.15, 0.2) is 6.04 Å². The fraction of sp³-hybridized carbons (Fsp3) is 0.778. The van der Waals surface area contributed by atoms with Crippen LogP contribution in [0.3, 0.4) is 0 Å². The van der Waals surface area contributed by atoms with Crippen LogP contribution < -0.4 is 5.32 Å². The maximum atomic E-state index is 12.0. The van der Waals surface area contributed by atoms with E-state index in [0.29, 0.717) is 6.61 Å². The molecule has 1 fully saturated rings. The van der Waals surface area contributed by atoms with Crippen LogP contribution in [0.1, 0.15) is 0 Å². The average molecular weight is 271 g/mol. The minimum atomic E-state index is -5.06. The Morgan fingerprint density at radius 1 is 1.50 bits per heavy atom. The lowest BCUT2D eigenvalue weighted by molar-refractivity contribution is -0.176. The Balaban J connectivity index is 2.43. The molecular formula is C9H12F3NO5. The fourth-order valence-corrected chi connectivity index (χ4v) is 1.03. The summed E-state index contributed by atoms with van der Waals surface area (Å²) in [5.74, 6) is -3.23. The Hall–Kier alpha value is -1.35. The van der Waals surface area contributed by atoms with Crippen molar-refractivity contribution in [1.29, 1.82) is 0 Å². The van der Waals surface area contributed by atoms with E-state index in [-0.39, 0.29) is 12.7 Å². The van der Waals surface area contributed by atoms with Gasteiger partial charge >= 0.3 is 18.1 Å². The predicted molar refractivity (Wildman–Crippen MR) is 50.6 cm³/mol. The molecule has 0 aromatic carbocycles. The van der Waals surface area contributed by atoms with Gasteiger partial charge in [-0.3, -0.25) is 4.79 Å². The van der Waals surface area contributed by atoms with Crippen molar-refractivity contribution in [2.75, 3.05) is 26.9 Å². The number of hydrogen-bond donors (Lipinski definition) is 1. The topological polar surface area (TPSA) is 77.2 Å². The smallest absolute Gasteiger partial charge is 0.467 e. The summed E-state index contributed by atoms with van der Waals surface area (Å²) in [7, 11) is 0.999. The highest BCUT2D eigenvalue weighted by molar-refractivity contribution is 5.87. The first-order valence-electron chi connectivity index (χ1n) is 4.99. The first-order chi connectivity index (χ1) is 8.34. The van der Waals surface area contributed by atoms with Gasteiger partial charge in [0.2, 0.25) is 0 Å². The summed E-state index contributed by atoms with van der Waals surface area (Å²) in [6.45, 7) is 0.252. The van der Waals surface area contributed by atoms with Gasteiger partial charge in [0.1, 0.15) is 6.10 Å². The molecule has 0 aliphatic carbocycles. The standard InChI is InChI=1S/C9H12F3NO5/c1-16-7(14)6(4-17-2-5-3-18-5)13-8(15)9(10,11)12/h5-6H,2-4H2,1H3,(H,13,15)/t5?,6-/m1/s1. The van der Waals surface area contributed by atoms with E-state index < -0.39 is 30.7 Å². The molecule has 1 heterocycles. The largest absolute Gasteiger partial charge is 0.471 e. The molecule has 0 bridgehead atoms. The number of methoxy groups -OCH3 is 1. The molecule has 1 amide bonds. The van der Waals surface area contributed by atoms with Crippen LogP contribution in [0.2, 0.25) is 0 Å². The van der Waals surface area contributed by atoms with E-state index >= 15 is 0 Å². The van der Waals surface area contributed by atoms with Gasteiger partial charge in [0.25, 0.3) is 0 Å². The normalized spacial score (nSPS) is 20.1. The van der Waals surface area contributed by atoms with Gasteiger partial charge in [-0.15, -0.1) is 0 Å². The zero-order valence-corrected chi connectivity index (χ0v) is 9.45. The lowest BCUT2D eigenvalue weighted by atomic mass is 10.3. The minimum absolute atomic E-state index is 0.0957. The molecule has 0 aromatic heterocycles. The number of hydrogen-bond acceptors (Lipinski definition) is 5. The number of esters is 1. The van der Waals surface area contributed by atoms with E-state index in [1.54, 1.807) is 0 Å². The van der Waals surface area contributed by atoms with Crippen LogP contribution in [-0.4, -0.2) is 57.1 Å². The molecule has 18 heavy (non-hydrogen) atoms. The molecule has 9 heteroatoms. The summed E-state index contributed by atoms with van der Waals surface area (Å²) >= 11 is 0. The molecule has 0 spiro atoms. The lowest BCUT2D eigenvalue weighted by Crippen LogP contribution is -2.49. The Morgan fingerprint density at radius 2 is 2.11 bits per heavy atom. The van der Waals surface area contributed by atoms with Crippen LogP contribution in [0.4, 0.5) is 13.2 Å². The van der Waals surface area contributed by atoms with E-state index in [9.17, 15) is 22.8 Å². The quantitative estimate of drug-likeness (QED) is 0.526. The molecule has 2 atom stereocenters. The van der Waals surface area contributed by atoms with E-state index in [2.05, 4.69) is 4.74 Å². The fourth-order valence-electron chi connectivity index (χ4n) is 1.03. The van der Waals surface area contributed by atoms with Gasteiger partial charge in [-0.2, -0.15) is 13.2 Å². The first kappa shape index (κ1) is 14.7. The summed E-state index contributed by atoms with van der Waals surface area (Å²) in [6.07, 6.45) is -5.16. The van der Waals surface area contributed by atoms with Crippen LogP contribution in [-0.2, 0) is 23.8 Å². The summed E-state index contributed by atoms with van der Waals surface area (Å²) in [6, 6.07) is -1.50. The SMILES string of the molecule is COC(=O)[C@@H](COCC1CO1)NC(=O)C(F)(F)F. The molecule has 0 saturated carbocycles. The number of amides is 1. The van der Waals surface area contributed by atoms with Crippen molar-refractivity contribution in [2.24, 2.45) is 0 Å². The molecular weight excluding hydrogens is 259 g/mol. The van der Waals surface area contributed by atoms with Crippen LogP contribution in [0, 0.1) is 0 Å². The Bertz CT molecular complexity index is 316. The molecule has 0 radical (unpaired) electrons. The van der Waals surface area contributed by atoms with E-state index in [1.807, 2.05) is 0 Å². The van der Waals surface area contributed by atoms with Crippen molar-refractivity contribution in [1.82, 2.24) is 5.32 Å². The Kier molecular flexibility index (Phi) is 4.91. The van der Waals surface area contributed by atoms with E-state index in [0.717, 1.165) is 7.11 Å². The van der Waals surface area contributed by atoms with Crippen LogP contribution in [0.5, 0.6) is 0 Å². The molecule has 1 saturated heterocycles. The van der Waals surface area contributed by atoms with Crippen molar-refractivity contribution in [3.8, 4) is 0 Å². The first-order valence-corrected chi connectivity index (χ1v) is 4.99. The monoisotopic (exact) mass is 271 g/mol. The zero-order valence-electron chi connectivity index (χ0n) is 9.45. The van der Waals surface area contributed by atoms with Gasteiger partial charge in [0, 0.05) is 0 Å². The summed E-state index contributed by atoms with van der Waals surface area (Å²) < 4.78 is 50.1. The van der Waals surface area contributed by atoms with Gasteiger partial charge in [0.05, 0.1) is 26.9 Å². The number of halogens is 3. The molecule has 0 aromatic rings. The second-order valence-electron chi connectivity index (χ2n) is 3.54. The predicted octanol–water partition coefficient (Wildman–Crippen LogP) is -0.378. The van der Waals surface area contributed by atoms with Crippen molar-refractivity contribution in [2.45, 2.75) is 18.3 Å². The molecule has 1 aliphatic rings. The molecule has 104 valence electrons. The van der Waals surface area contributed by atoms with Gasteiger partial charge < -0.3 is 19.5 Å². The number of carbonyl (C=O) groups excluding carboxylic acids is 2. The highest BCUT2D eigenvalue weighted by atomic mass is 19.4. The van der Waals surface area contributed by atoms with Crippen LogP contribution in [0.15, 0.2) is 0 Å². The maximum Gasteiger partial charge on any atom is 0.471 e. The Labute approximate surface area is 100 Å². The van der Waals surface area contributed by atoms with Gasteiger partial charge in [-0.1, -0.05) is 0 Å². The minimum Gasteiger partial charge on any atom is -0.467 e. The molecule has 1 rings (SSSR count). The highest BCUT2D eigenvalue weighted by Crippen LogP contribution is 2.15. The summed E-state index contributed by atoms with van der Waals surface area (Å²) in [5, 5.41) is 1.50. The third-order valence-corrected chi connectivity index (χ3v) is 2.04. The van der Waals surface area contributed by atoms with E-state index in [4.69, 9.17) is 9.47 Å². The zero-order chi connectivity index (χ0) is 13.8. The van der Waals surface area contributed by atoms with Crippen molar-refractivity contribution < 1.29 is 37.0 Å². The lowest BCUT2D eigenvalue weighted by Gasteiger charge is -2.17. The van der Waals surface area contributed by atoms with Crippen molar-refractivity contribution >= 4 is 11.9 Å². The van der Waals surface area contributed by atoms with Crippen LogP contribution >= 0.6 is 0 Å². The van der Waals surface area contributed by atoms with E-state index in [1.165, 1.54) is 5.32 Å². The van der Waals surface area contributed by atoms with Gasteiger partial charge in [-0.05, 0) is 0 Å². The second kappa shape index (κ2) is 6.01. The van der Waals surface area contributed by atoms with Crippen LogP contribution in [0.25, 0.3) is 0 Å². The summed E-state index contributed by atoms with van der Waals surface area (Å²) in [5.41, 5.74) is 0. The maximum absolute atomic E-state index is 12.0. The number of ether oxygens (including phenoxy) is 3. The Morgan fingerprint density at radius 3 is 2.56 bits per heavy atom. The van der Waals surface area contributed by atoms with Gasteiger partial charge in [-0.25, -0.2) is 4.79 Å². The average Bonchev–Trinajstić information content (AvgIpc) is 3.09.